The summed E-state index contributed by atoms with van der Waals surface area (Å²) in [6.07, 6.45) is 28.8. The lowest BCUT2D eigenvalue weighted by atomic mass is 9.83. The van der Waals surface area contributed by atoms with Crippen molar-refractivity contribution >= 4 is 155 Å². The first-order valence-corrected chi connectivity index (χ1v) is 41.8. The monoisotopic (exact) mass is 1990 g/mol. The van der Waals surface area contributed by atoms with Crippen molar-refractivity contribution in [2.45, 2.75) is 95.5 Å². The summed E-state index contributed by atoms with van der Waals surface area (Å²) in [4.78, 5) is 108. The van der Waals surface area contributed by atoms with Crippen molar-refractivity contribution in [2.24, 2.45) is 0 Å². The number of amides is 2. The molecule has 10 aromatic rings. The van der Waals surface area contributed by atoms with Gasteiger partial charge >= 0.3 is 18.0 Å². The smallest absolute Gasteiger partial charge is 0.410 e. The van der Waals surface area contributed by atoms with Crippen molar-refractivity contribution in [3.63, 3.8) is 0 Å². The lowest BCUT2D eigenvalue weighted by Gasteiger charge is -2.43. The van der Waals surface area contributed by atoms with Gasteiger partial charge in [0.25, 0.3) is 22.8 Å². The van der Waals surface area contributed by atoms with E-state index in [0.29, 0.717) is 59.6 Å². The van der Waals surface area contributed by atoms with Crippen LogP contribution in [0.4, 0.5) is 16.4 Å². The molecule has 34 heteroatoms. The third-order valence-corrected chi connectivity index (χ3v) is 20.9. The quantitative estimate of drug-likeness (QED) is 0.0451. The minimum Gasteiger partial charge on any atom is -0.482 e. The number of halogens is 6. The molecule has 3 fully saturated rings. The van der Waals surface area contributed by atoms with Crippen LogP contribution in [0.2, 0.25) is 0 Å². The highest BCUT2D eigenvalue weighted by Crippen LogP contribution is 2.46. The third kappa shape index (κ3) is 25.6. The number of nitrogens with zero attached hydrogens (tertiary/aromatic N) is 15. The van der Waals surface area contributed by atoms with Crippen molar-refractivity contribution in [3.8, 4) is 17.2 Å². The van der Waals surface area contributed by atoms with E-state index in [1.165, 1.54) is 24.8 Å². The van der Waals surface area contributed by atoms with Gasteiger partial charge in [0.2, 0.25) is 17.5 Å². The molecule has 0 saturated carbocycles. The first-order chi connectivity index (χ1) is 57.1. The molecule has 13 heterocycles. The van der Waals surface area contributed by atoms with Gasteiger partial charge in [-0.2, -0.15) is 0 Å². The topological polar surface area (TPSA) is 344 Å². The summed E-state index contributed by atoms with van der Waals surface area (Å²) in [5.74, 6) is 1.25. The molecule has 6 aliphatic rings. The highest BCUT2D eigenvalue weighted by molar-refractivity contribution is 14.1. The Balaban J connectivity index is 0.000000153. The number of aromatic nitrogens is 11. The number of piperidine rings is 3. The van der Waals surface area contributed by atoms with Crippen LogP contribution in [0.25, 0.3) is 26.4 Å². The number of likely N-dealkylation sites (tertiary alicyclic amines) is 1. The molecule has 3 saturated heterocycles. The fourth-order valence-corrected chi connectivity index (χ4v) is 14.0. The van der Waals surface area contributed by atoms with Crippen LogP contribution in [0.15, 0.2) is 213 Å². The number of hydrogen-bond donors (Lipinski definition) is 4. The number of ether oxygens (including phenoxy) is 4. The van der Waals surface area contributed by atoms with Crippen LogP contribution < -0.4 is 24.8 Å². The van der Waals surface area contributed by atoms with Gasteiger partial charge in [-0.25, -0.2) is 59.2 Å². The predicted octanol–water partition coefficient (Wildman–Crippen LogP) is 17.7. The number of carbonyl (C=O) groups excluding carboxylic acids is 3. The number of carboxylic acids is 2. The molecule has 2 amide bonds. The van der Waals surface area contributed by atoms with E-state index in [-0.39, 0.29) is 46.4 Å². The van der Waals surface area contributed by atoms with Gasteiger partial charge in [-0.3, -0.25) is 9.59 Å². The zero-order valence-electron chi connectivity index (χ0n) is 64.9. The zero-order valence-corrected chi connectivity index (χ0v) is 74.2. The van der Waals surface area contributed by atoms with Crippen LogP contribution in [0.3, 0.4) is 0 Å². The molecule has 3 spiro atoms. The highest BCUT2D eigenvalue weighted by atomic mass is 127. The molecule has 3 aromatic carbocycles. The van der Waals surface area contributed by atoms with Crippen molar-refractivity contribution < 1.29 is 53.1 Å². The second kappa shape index (κ2) is 42.8. The number of fused-ring (bicyclic) bond motifs is 3. The largest absolute Gasteiger partial charge is 0.482 e. The van der Waals surface area contributed by atoms with Gasteiger partial charge in [0, 0.05) is 176 Å². The summed E-state index contributed by atoms with van der Waals surface area (Å²) in [7, 11) is 0. The average Bonchev–Trinajstić information content (AvgIpc) is 0.748. The van der Waals surface area contributed by atoms with E-state index in [2.05, 4.69) is 186 Å². The van der Waals surface area contributed by atoms with Crippen LogP contribution in [0.5, 0.6) is 17.2 Å². The van der Waals surface area contributed by atoms with E-state index < -0.39 is 28.4 Å². The molecule has 7 aromatic heterocycles. The number of nitrogens with one attached hydrogen (secondary N) is 2. The zero-order chi connectivity index (χ0) is 85.3. The lowest BCUT2D eigenvalue weighted by molar-refractivity contribution is -0.00123. The Morgan fingerprint density at radius 2 is 0.849 bits per heavy atom. The van der Waals surface area contributed by atoms with Gasteiger partial charge in [-0.15, -0.1) is 9.97 Å². The maximum atomic E-state index is 12.4. The molecule has 0 aliphatic carbocycles. The summed E-state index contributed by atoms with van der Waals surface area (Å²) in [6, 6.07) is 34.9. The standard InChI is InChI=1S/C24H25N3O3.C19H17N3O.C19H18N2O3.C9H12BrN3O.C5H2BrClN2O.C5H3BrN2O2.C4H2BrIN2/c1-23(2,3)30-22(28)27-13-11-24(12-14-27)15-19(17-9-10-21(25-4)26-16-17)18-7-5-6-8-20(18)29-24;1-20-18-7-6-14(13-22-18)16-12-19(8-10-21-11-9-19)23-17-5-3-2-4-15(16)17;22-18(23)16-6-5-13(12-21-16)15-11-19(7-9-20-10-8-19)24-17-4-2-1-3-14(15)17;1-3-13(4-2)9(14)8-11-5-7(10)6-12-8;6-3-1-8-5(4(7)10)9-2-3;6-3-1-7-4(5(9)10)8-2-3;5-3-1-7-4(6)8-2-3/h5-10,15-16H,11-14H2,1-3H3;2-7,12-13,21H,8-11H2;1-6,11-12,20H,7-10H2,(H,22,23);5-6H,3-4H2,1-2H3;1-2H;1-2H,(H,9,10);1-2H. The number of para-hydroxylation sites is 3. The van der Waals surface area contributed by atoms with Gasteiger partial charge in [-0.05, 0) is 207 Å². The molecule has 0 bridgehead atoms. The number of carboxylic acid groups (broad SMARTS) is 2. The van der Waals surface area contributed by atoms with Crippen LogP contribution in [0.1, 0.15) is 149 Å². The Kier molecular flexibility index (Phi) is 32.5. The van der Waals surface area contributed by atoms with E-state index in [0.717, 1.165) is 132 Å². The Bertz CT molecular complexity index is 5300. The van der Waals surface area contributed by atoms with Crippen molar-refractivity contribution in [3.05, 3.63) is 297 Å². The number of aromatic carboxylic acids is 2. The van der Waals surface area contributed by atoms with Crippen molar-refractivity contribution in [2.75, 3.05) is 52.4 Å². The molecule has 16 rings (SSSR count). The van der Waals surface area contributed by atoms with E-state index >= 15 is 0 Å². The Labute approximate surface area is 739 Å². The number of carbonyl (C=O) groups is 5. The molecule has 4 N–H and O–H groups in total. The molecule has 0 atom stereocenters. The molecule has 119 heavy (non-hydrogen) atoms. The van der Waals surface area contributed by atoms with Crippen molar-refractivity contribution in [1.29, 1.82) is 0 Å². The number of pyridine rings is 3. The second-order valence-corrected chi connectivity index (χ2v) is 32.8. The molecule has 6 aliphatic heterocycles. The van der Waals surface area contributed by atoms with E-state index in [9.17, 15) is 24.0 Å². The third-order valence-electron chi connectivity index (χ3n) is 18.6. The number of hydrogen-bond acceptors (Lipinski definition) is 22. The summed E-state index contributed by atoms with van der Waals surface area (Å²) < 4.78 is 28.5. The van der Waals surface area contributed by atoms with Crippen LogP contribution in [0, 0.1) is 17.0 Å². The first-order valence-electron chi connectivity index (χ1n) is 37.2. The van der Waals surface area contributed by atoms with Gasteiger partial charge < -0.3 is 59.3 Å². The SMILES string of the molecule is Brc1cnc(I)nc1.CCN(CC)C(=O)c1ncc(Br)cn1.O=C(Cl)c1ncc(Br)cn1.O=C(O)c1ccc(C2=CC3(CCNCC3)Oc3ccccc32)cn1.O=C(O)c1ncc(Br)cn1.[C-]#[N+]c1ccc(C2=CC3(CCN(C(=O)OC(C)(C)C)CC3)Oc3ccccc32)cn1.[C-]#[N+]c1ccc(C2=CC3(CCNCC3)Oc3ccccc32)cn1. The van der Waals surface area contributed by atoms with Crippen LogP contribution in [-0.2, 0) is 4.74 Å². The van der Waals surface area contributed by atoms with Gasteiger partial charge in [0.15, 0.2) is 3.83 Å². The number of rotatable bonds is 9. The maximum absolute atomic E-state index is 12.4. The van der Waals surface area contributed by atoms with Crippen molar-refractivity contribution in [1.82, 2.24) is 75.3 Å². The Morgan fingerprint density at radius 1 is 0.496 bits per heavy atom. The Morgan fingerprint density at radius 3 is 1.17 bits per heavy atom. The average molecular weight is 2000 g/mol. The molecule has 612 valence electrons. The van der Waals surface area contributed by atoms with E-state index in [1.54, 1.807) is 71.4 Å². The minimum absolute atomic E-state index is 0.0184. The predicted molar refractivity (Wildman–Crippen MR) is 470 cm³/mol. The Hall–Kier alpha value is -10.8. The van der Waals surface area contributed by atoms with E-state index in [1.807, 2.05) is 120 Å². The maximum Gasteiger partial charge on any atom is 0.410 e. The first kappa shape index (κ1) is 90.6. The summed E-state index contributed by atoms with van der Waals surface area (Å²) in [5.41, 5.74) is 7.78. The lowest BCUT2D eigenvalue weighted by Crippen LogP contribution is -2.50. The van der Waals surface area contributed by atoms with Crippen LogP contribution in [-0.4, -0.2) is 179 Å². The normalized spacial score (nSPS) is 15.0. The van der Waals surface area contributed by atoms with Gasteiger partial charge in [0.1, 0.15) is 57.7 Å². The molecular formula is C85H79Br4ClIN17O11. The van der Waals surface area contributed by atoms with Crippen LogP contribution >= 0.6 is 97.9 Å². The molecular weight excluding hydrogens is 1920 g/mol. The molecule has 0 unspecified atom stereocenters. The fourth-order valence-electron chi connectivity index (χ4n) is 12.8. The van der Waals surface area contributed by atoms with Gasteiger partial charge in [-0.1, -0.05) is 85.9 Å². The second-order valence-electron chi connectivity index (χ2n) is 27.8. The van der Waals surface area contributed by atoms with Gasteiger partial charge in [0.05, 0.1) is 17.9 Å². The fraction of sp³-hybridized carbons (Fsp3) is 0.271. The summed E-state index contributed by atoms with van der Waals surface area (Å²) in [6.45, 7) is 29.9. The van der Waals surface area contributed by atoms with E-state index in [4.69, 9.17) is 53.9 Å². The number of benzene rings is 3. The molecule has 28 nitrogen and oxygen atoms in total. The summed E-state index contributed by atoms with van der Waals surface area (Å²) >= 11 is 19.8. The highest BCUT2D eigenvalue weighted by Gasteiger charge is 2.42. The molecule has 0 radical (unpaired) electrons. The minimum atomic E-state index is -1.12. The summed E-state index contributed by atoms with van der Waals surface area (Å²) in [5, 5.41) is 23.5.